The fourth-order valence-corrected chi connectivity index (χ4v) is 2.59. The van der Waals surface area contributed by atoms with Crippen molar-refractivity contribution in [1.82, 2.24) is 19.8 Å². The van der Waals surface area contributed by atoms with Crippen LogP contribution >= 0.6 is 34.5 Å². The van der Waals surface area contributed by atoms with Crippen molar-refractivity contribution in [3.63, 3.8) is 0 Å². The molecule has 0 aliphatic heterocycles. The molecular weight excluding hydrogens is 309 g/mol. The van der Waals surface area contributed by atoms with Crippen molar-refractivity contribution in [2.45, 2.75) is 0 Å². The molecule has 0 bridgehead atoms. The van der Waals surface area contributed by atoms with Gasteiger partial charge in [0.1, 0.15) is 6.33 Å². The Labute approximate surface area is 121 Å². The normalized spacial score (nSPS) is 10.8. The monoisotopic (exact) mass is 313 g/mol. The van der Waals surface area contributed by atoms with Crippen molar-refractivity contribution in [3.05, 3.63) is 39.6 Å². The van der Waals surface area contributed by atoms with Crippen LogP contribution < -0.4 is 5.32 Å². The fourth-order valence-electron chi connectivity index (χ4n) is 1.42. The molecule has 0 radical (unpaired) electrons. The molecule has 96 valence electrons. The van der Waals surface area contributed by atoms with E-state index in [-0.39, 0.29) is 10.9 Å². The summed E-state index contributed by atoms with van der Waals surface area (Å²) in [5.41, 5.74) is 0.474. The number of fused-ring (bicyclic) bond motifs is 1. The number of anilines is 1. The molecule has 9 heteroatoms. The van der Waals surface area contributed by atoms with Gasteiger partial charge in [0, 0.05) is 5.02 Å². The van der Waals surface area contributed by atoms with E-state index in [1.165, 1.54) is 10.8 Å². The van der Waals surface area contributed by atoms with Gasteiger partial charge in [0.2, 0.25) is 9.97 Å². The number of aromatic nitrogens is 4. The minimum absolute atomic E-state index is 0.274. The Morgan fingerprint density at radius 2 is 2.21 bits per heavy atom. The molecule has 0 atom stereocenters. The molecule has 2 aromatic heterocycles. The highest BCUT2D eigenvalue weighted by molar-refractivity contribution is 7.18. The summed E-state index contributed by atoms with van der Waals surface area (Å²) in [5, 5.41) is 15.3. The third kappa shape index (κ3) is 2.40. The molecule has 0 spiro atoms. The molecule has 1 amide bonds. The number of amides is 1. The highest BCUT2D eigenvalue weighted by Crippen LogP contribution is 2.26. The molecule has 3 aromatic rings. The summed E-state index contributed by atoms with van der Waals surface area (Å²) in [6.45, 7) is 0. The van der Waals surface area contributed by atoms with Crippen molar-refractivity contribution < 1.29 is 4.79 Å². The Balaban J connectivity index is 1.86. The summed E-state index contributed by atoms with van der Waals surface area (Å²) < 4.78 is 1.43. The Bertz CT molecular complexity index is 740. The zero-order valence-corrected chi connectivity index (χ0v) is 11.5. The molecule has 2 heterocycles. The first kappa shape index (κ1) is 12.3. The van der Waals surface area contributed by atoms with Crippen LogP contribution in [0.5, 0.6) is 0 Å². The lowest BCUT2D eigenvalue weighted by atomic mass is 10.3. The Morgan fingerprint density at radius 3 is 2.95 bits per heavy atom. The van der Waals surface area contributed by atoms with Gasteiger partial charge in [-0.05, 0) is 18.2 Å². The molecule has 0 aliphatic rings. The van der Waals surface area contributed by atoms with Crippen LogP contribution in [0, 0.1) is 0 Å². The topological polar surface area (TPSA) is 72.2 Å². The van der Waals surface area contributed by atoms with Gasteiger partial charge >= 0.3 is 0 Å². The number of carbonyl (C=O) groups is 1. The molecule has 0 aliphatic carbocycles. The number of hydrogen-bond acceptors (Lipinski definition) is 5. The summed E-state index contributed by atoms with van der Waals surface area (Å²) in [6.07, 6.45) is 1.43. The molecule has 6 nitrogen and oxygen atoms in total. The molecule has 19 heavy (non-hydrogen) atoms. The Hall–Kier alpha value is -1.70. The van der Waals surface area contributed by atoms with Gasteiger partial charge in [0.05, 0.1) is 10.7 Å². The van der Waals surface area contributed by atoms with E-state index >= 15 is 0 Å². The van der Waals surface area contributed by atoms with E-state index in [2.05, 4.69) is 20.6 Å². The van der Waals surface area contributed by atoms with Crippen LogP contribution in [0.25, 0.3) is 4.96 Å². The average Bonchev–Trinajstić information content (AvgIpc) is 2.93. The number of hydrogen-bond donors (Lipinski definition) is 1. The largest absolute Gasteiger partial charge is 0.318 e. The van der Waals surface area contributed by atoms with Gasteiger partial charge in [-0.25, -0.2) is 0 Å². The van der Waals surface area contributed by atoms with E-state index < -0.39 is 0 Å². The first-order chi connectivity index (χ1) is 9.13. The maximum atomic E-state index is 12.0. The van der Waals surface area contributed by atoms with Crippen molar-refractivity contribution in [1.29, 1.82) is 0 Å². The van der Waals surface area contributed by atoms with E-state index in [1.54, 1.807) is 18.2 Å². The molecule has 1 N–H and O–H groups in total. The molecule has 0 saturated carbocycles. The van der Waals surface area contributed by atoms with Crippen LogP contribution in [0.3, 0.4) is 0 Å². The summed E-state index contributed by atoms with van der Waals surface area (Å²) in [7, 11) is 0. The first-order valence-corrected chi connectivity index (χ1v) is 6.64. The number of rotatable bonds is 2. The lowest BCUT2D eigenvalue weighted by Gasteiger charge is -2.05. The summed E-state index contributed by atoms with van der Waals surface area (Å²) in [4.78, 5) is 12.6. The molecular formula is C10H5Cl2N5OS. The smallest absolute Gasteiger partial charge is 0.286 e. The van der Waals surface area contributed by atoms with Crippen LogP contribution in [0.1, 0.15) is 9.80 Å². The van der Waals surface area contributed by atoms with Crippen LogP contribution in [0.2, 0.25) is 10.0 Å². The molecule has 1 aromatic carbocycles. The van der Waals surface area contributed by atoms with Gasteiger partial charge in [0.15, 0.2) is 0 Å². The van der Waals surface area contributed by atoms with Crippen LogP contribution in [-0.2, 0) is 0 Å². The van der Waals surface area contributed by atoms with E-state index in [0.717, 1.165) is 11.3 Å². The Morgan fingerprint density at radius 1 is 1.37 bits per heavy atom. The zero-order chi connectivity index (χ0) is 13.4. The standard InChI is InChI=1S/C10H5Cl2N5OS/c11-5-1-2-7(6(12)3-5)14-8(18)9-16-17-4-13-15-10(17)19-9/h1-4H,(H,14,18). The van der Waals surface area contributed by atoms with Gasteiger partial charge in [0.25, 0.3) is 5.91 Å². The van der Waals surface area contributed by atoms with Gasteiger partial charge in [-0.2, -0.15) is 4.52 Å². The SMILES string of the molecule is O=C(Nc1ccc(Cl)cc1Cl)c1nn2cnnc2s1. The first-order valence-electron chi connectivity index (χ1n) is 5.07. The highest BCUT2D eigenvalue weighted by Gasteiger charge is 2.15. The van der Waals surface area contributed by atoms with Gasteiger partial charge < -0.3 is 5.32 Å². The summed E-state index contributed by atoms with van der Waals surface area (Å²) in [5.74, 6) is -0.361. The molecule has 0 fully saturated rings. The number of halogens is 2. The van der Waals surface area contributed by atoms with Crippen LogP contribution in [0.15, 0.2) is 24.5 Å². The second-order valence-electron chi connectivity index (χ2n) is 3.54. The maximum absolute atomic E-state index is 12.0. The minimum Gasteiger partial charge on any atom is -0.318 e. The van der Waals surface area contributed by atoms with Crippen molar-refractivity contribution in [2.24, 2.45) is 0 Å². The summed E-state index contributed by atoms with van der Waals surface area (Å²) in [6, 6.07) is 4.82. The number of nitrogens with zero attached hydrogens (tertiary/aromatic N) is 4. The predicted molar refractivity (Wildman–Crippen MR) is 73.1 cm³/mol. The third-order valence-corrected chi connectivity index (χ3v) is 3.72. The summed E-state index contributed by atoms with van der Waals surface area (Å²) >= 11 is 12.9. The highest BCUT2D eigenvalue weighted by atomic mass is 35.5. The predicted octanol–water partition coefficient (Wildman–Crippen LogP) is 2.74. The number of carbonyl (C=O) groups excluding carboxylic acids is 1. The van der Waals surface area contributed by atoms with Crippen LogP contribution in [-0.4, -0.2) is 25.7 Å². The zero-order valence-electron chi connectivity index (χ0n) is 9.17. The second-order valence-corrected chi connectivity index (χ2v) is 5.34. The third-order valence-electron chi connectivity index (χ3n) is 2.26. The van der Waals surface area contributed by atoms with E-state index in [4.69, 9.17) is 23.2 Å². The molecule has 0 saturated heterocycles. The number of benzene rings is 1. The average molecular weight is 314 g/mol. The Kier molecular flexibility index (Phi) is 3.09. The minimum atomic E-state index is -0.361. The second kappa shape index (κ2) is 4.76. The van der Waals surface area contributed by atoms with E-state index in [9.17, 15) is 4.79 Å². The lowest BCUT2D eigenvalue weighted by molar-refractivity contribution is 0.102. The van der Waals surface area contributed by atoms with Crippen molar-refractivity contribution in [2.75, 3.05) is 5.32 Å². The van der Waals surface area contributed by atoms with Crippen LogP contribution in [0.4, 0.5) is 5.69 Å². The van der Waals surface area contributed by atoms with Gasteiger partial charge in [-0.1, -0.05) is 34.5 Å². The number of nitrogens with one attached hydrogen (secondary N) is 1. The van der Waals surface area contributed by atoms with Gasteiger partial charge in [-0.3, -0.25) is 4.79 Å². The van der Waals surface area contributed by atoms with E-state index in [0.29, 0.717) is 20.7 Å². The van der Waals surface area contributed by atoms with Crippen molar-refractivity contribution >= 4 is 51.1 Å². The maximum Gasteiger partial charge on any atom is 0.286 e. The fraction of sp³-hybridized carbons (Fsp3) is 0. The van der Waals surface area contributed by atoms with Gasteiger partial charge in [-0.15, -0.1) is 15.3 Å². The van der Waals surface area contributed by atoms with Crippen molar-refractivity contribution in [3.8, 4) is 0 Å². The quantitative estimate of drug-likeness (QED) is 0.789. The molecule has 3 rings (SSSR count). The van der Waals surface area contributed by atoms with E-state index in [1.807, 2.05) is 0 Å². The molecule has 0 unspecified atom stereocenters. The lowest BCUT2D eigenvalue weighted by Crippen LogP contribution is -2.12.